The van der Waals surface area contributed by atoms with E-state index < -0.39 is 6.10 Å². The molecular formula is C26H35N7O2. The van der Waals surface area contributed by atoms with Crippen LogP contribution in [0.4, 0.5) is 5.82 Å². The lowest BCUT2D eigenvalue weighted by atomic mass is 9.80. The number of fused-ring (bicyclic) bond motifs is 1. The van der Waals surface area contributed by atoms with E-state index in [1.165, 1.54) is 38.5 Å². The number of nitrogens with two attached hydrogens (primary N) is 1. The SMILES string of the molecule is C[C@@H](Nc1nc(/C(N)=N/O)nc2nc(C(O)c3ccccc3)n(CC3CCCCC3)c12)C1CCC1. The van der Waals surface area contributed by atoms with Crippen LogP contribution in [-0.4, -0.2) is 41.7 Å². The van der Waals surface area contributed by atoms with Gasteiger partial charge in [-0.15, -0.1) is 0 Å². The minimum atomic E-state index is -0.904. The van der Waals surface area contributed by atoms with Crippen LogP contribution < -0.4 is 11.1 Å². The molecule has 2 atom stereocenters. The standard InChI is InChI=1S/C26H35N7O2/c1-16(18-13-8-14-18)28-23-20-24(30-25(29-23)22(27)32-35)31-26(21(34)19-11-6-3-7-12-19)33(20)15-17-9-4-2-5-10-17/h3,6-7,11-12,16-18,21,34-35H,2,4-5,8-10,13-15H2,1H3,(H2,27,32)(H,28,29,30)/t16-,21?/m1/s1. The smallest absolute Gasteiger partial charge is 0.208 e. The third kappa shape index (κ3) is 4.82. The average Bonchev–Trinajstić information content (AvgIpc) is 3.21. The van der Waals surface area contributed by atoms with E-state index in [-0.39, 0.29) is 17.7 Å². The minimum absolute atomic E-state index is 0.117. The number of oxime groups is 1. The van der Waals surface area contributed by atoms with Crippen molar-refractivity contribution in [3.8, 4) is 0 Å². The number of aliphatic hydroxyl groups excluding tert-OH is 1. The number of rotatable bonds is 8. The fraction of sp³-hybridized carbons (Fsp3) is 0.538. The van der Waals surface area contributed by atoms with E-state index in [4.69, 9.17) is 10.7 Å². The summed E-state index contributed by atoms with van der Waals surface area (Å²) in [7, 11) is 0. The second kappa shape index (κ2) is 10.2. The summed E-state index contributed by atoms with van der Waals surface area (Å²) >= 11 is 0. The second-order valence-electron chi connectivity index (χ2n) is 10.1. The highest BCUT2D eigenvalue weighted by atomic mass is 16.4. The van der Waals surface area contributed by atoms with Crippen LogP contribution in [0.3, 0.4) is 0 Å². The summed E-state index contributed by atoms with van der Waals surface area (Å²) < 4.78 is 2.11. The Balaban J connectivity index is 1.65. The molecule has 2 aliphatic rings. The van der Waals surface area contributed by atoms with Gasteiger partial charge in [0.2, 0.25) is 11.7 Å². The first-order chi connectivity index (χ1) is 17.0. The Morgan fingerprint density at radius 3 is 2.49 bits per heavy atom. The lowest BCUT2D eigenvalue weighted by molar-refractivity contribution is 0.200. The van der Waals surface area contributed by atoms with Gasteiger partial charge in [0, 0.05) is 12.6 Å². The Hall–Kier alpha value is -3.20. The van der Waals surface area contributed by atoms with Gasteiger partial charge in [-0.2, -0.15) is 0 Å². The maximum absolute atomic E-state index is 11.4. The predicted octanol–water partition coefficient (Wildman–Crippen LogP) is 4.18. The Morgan fingerprint density at radius 2 is 1.83 bits per heavy atom. The summed E-state index contributed by atoms with van der Waals surface area (Å²) in [6.45, 7) is 2.91. The molecule has 2 aromatic heterocycles. The molecular weight excluding hydrogens is 442 g/mol. The van der Waals surface area contributed by atoms with E-state index in [9.17, 15) is 10.3 Å². The molecule has 1 aromatic carbocycles. The zero-order valence-electron chi connectivity index (χ0n) is 20.3. The molecule has 0 spiro atoms. The van der Waals surface area contributed by atoms with Crippen LogP contribution in [-0.2, 0) is 6.54 Å². The van der Waals surface area contributed by atoms with Gasteiger partial charge in [-0.3, -0.25) is 0 Å². The number of amidine groups is 1. The van der Waals surface area contributed by atoms with Crippen molar-refractivity contribution in [2.45, 2.75) is 77.0 Å². The van der Waals surface area contributed by atoms with Crippen molar-refractivity contribution < 1.29 is 10.3 Å². The van der Waals surface area contributed by atoms with Gasteiger partial charge in [0.15, 0.2) is 11.5 Å². The lowest BCUT2D eigenvalue weighted by Gasteiger charge is -2.32. The van der Waals surface area contributed by atoms with E-state index in [0.29, 0.717) is 29.1 Å². The molecule has 5 rings (SSSR count). The first-order valence-corrected chi connectivity index (χ1v) is 12.8. The van der Waals surface area contributed by atoms with Gasteiger partial charge >= 0.3 is 0 Å². The monoisotopic (exact) mass is 477 g/mol. The molecule has 1 unspecified atom stereocenters. The van der Waals surface area contributed by atoms with Crippen LogP contribution in [0, 0.1) is 11.8 Å². The van der Waals surface area contributed by atoms with Crippen LogP contribution >= 0.6 is 0 Å². The molecule has 35 heavy (non-hydrogen) atoms. The highest BCUT2D eigenvalue weighted by Crippen LogP contribution is 2.35. The number of nitrogens with zero attached hydrogens (tertiary/aromatic N) is 5. The normalized spacial score (nSPS) is 19.4. The maximum Gasteiger partial charge on any atom is 0.208 e. The molecule has 0 saturated heterocycles. The topological polar surface area (TPSA) is 134 Å². The van der Waals surface area contributed by atoms with E-state index in [0.717, 1.165) is 30.5 Å². The van der Waals surface area contributed by atoms with Crippen LogP contribution in [0.15, 0.2) is 35.5 Å². The van der Waals surface area contributed by atoms with Gasteiger partial charge in [-0.25, -0.2) is 15.0 Å². The Bertz CT molecular complexity index is 1180. The summed E-state index contributed by atoms with van der Waals surface area (Å²) in [5.74, 6) is 2.19. The molecule has 0 amide bonds. The van der Waals surface area contributed by atoms with Crippen molar-refractivity contribution in [3.05, 3.63) is 47.5 Å². The predicted molar refractivity (Wildman–Crippen MR) is 135 cm³/mol. The second-order valence-corrected chi connectivity index (χ2v) is 10.1. The molecule has 9 nitrogen and oxygen atoms in total. The van der Waals surface area contributed by atoms with Crippen molar-refractivity contribution >= 4 is 22.8 Å². The van der Waals surface area contributed by atoms with Crippen LogP contribution in [0.2, 0.25) is 0 Å². The van der Waals surface area contributed by atoms with Crippen LogP contribution in [0.25, 0.3) is 11.2 Å². The summed E-state index contributed by atoms with van der Waals surface area (Å²) in [6.07, 6.45) is 8.76. The first-order valence-electron chi connectivity index (χ1n) is 12.8. The summed E-state index contributed by atoms with van der Waals surface area (Å²) in [5, 5.41) is 27.4. The van der Waals surface area contributed by atoms with Crippen molar-refractivity contribution in [1.29, 1.82) is 0 Å². The summed E-state index contributed by atoms with van der Waals surface area (Å²) in [5.41, 5.74) is 7.86. The number of hydrogen-bond acceptors (Lipinski definition) is 7. The fourth-order valence-electron chi connectivity index (χ4n) is 5.39. The van der Waals surface area contributed by atoms with E-state index in [1.54, 1.807) is 0 Å². The van der Waals surface area contributed by atoms with Crippen LogP contribution in [0.5, 0.6) is 0 Å². The number of aliphatic hydroxyl groups is 1. The van der Waals surface area contributed by atoms with Gasteiger partial charge in [-0.1, -0.05) is 61.2 Å². The minimum Gasteiger partial charge on any atom is -0.409 e. The molecule has 0 bridgehead atoms. The fourth-order valence-corrected chi connectivity index (χ4v) is 5.39. The molecule has 2 aliphatic carbocycles. The van der Waals surface area contributed by atoms with Gasteiger partial charge in [-0.05, 0) is 50.0 Å². The largest absolute Gasteiger partial charge is 0.409 e. The number of nitrogens with one attached hydrogen (secondary N) is 1. The quantitative estimate of drug-likeness (QED) is 0.165. The van der Waals surface area contributed by atoms with Gasteiger partial charge in [0.1, 0.15) is 17.4 Å². The third-order valence-corrected chi connectivity index (χ3v) is 7.72. The summed E-state index contributed by atoms with van der Waals surface area (Å²) in [4.78, 5) is 14.0. The van der Waals surface area contributed by atoms with Crippen LogP contribution in [0.1, 0.15) is 81.6 Å². The van der Waals surface area contributed by atoms with E-state index >= 15 is 0 Å². The molecule has 2 saturated carbocycles. The zero-order valence-corrected chi connectivity index (χ0v) is 20.3. The molecule has 3 aromatic rings. The molecule has 5 N–H and O–H groups in total. The Morgan fingerprint density at radius 1 is 1.09 bits per heavy atom. The van der Waals surface area contributed by atoms with E-state index in [1.807, 2.05) is 30.3 Å². The Labute approximate surface area is 205 Å². The Kier molecular flexibility index (Phi) is 6.86. The van der Waals surface area contributed by atoms with Gasteiger partial charge in [0.25, 0.3) is 0 Å². The lowest BCUT2D eigenvalue weighted by Crippen LogP contribution is -2.32. The zero-order chi connectivity index (χ0) is 24.4. The molecule has 2 heterocycles. The molecule has 2 fully saturated rings. The molecule has 0 radical (unpaired) electrons. The molecule has 9 heteroatoms. The maximum atomic E-state index is 11.4. The highest BCUT2D eigenvalue weighted by molar-refractivity contribution is 5.96. The average molecular weight is 478 g/mol. The first kappa shape index (κ1) is 23.5. The number of anilines is 1. The van der Waals surface area contributed by atoms with Gasteiger partial charge in [0.05, 0.1) is 0 Å². The molecule has 186 valence electrons. The number of aromatic nitrogens is 4. The summed E-state index contributed by atoms with van der Waals surface area (Å²) in [6, 6.07) is 9.77. The van der Waals surface area contributed by atoms with Crippen molar-refractivity contribution in [3.63, 3.8) is 0 Å². The van der Waals surface area contributed by atoms with Crippen molar-refractivity contribution in [1.82, 2.24) is 19.5 Å². The third-order valence-electron chi connectivity index (χ3n) is 7.72. The molecule has 0 aliphatic heterocycles. The highest BCUT2D eigenvalue weighted by Gasteiger charge is 2.29. The van der Waals surface area contributed by atoms with Crippen molar-refractivity contribution in [2.75, 3.05) is 5.32 Å². The number of imidazole rings is 1. The van der Waals surface area contributed by atoms with Gasteiger partial charge < -0.3 is 25.9 Å². The van der Waals surface area contributed by atoms with E-state index in [2.05, 4.69) is 31.9 Å². The van der Waals surface area contributed by atoms with Crippen molar-refractivity contribution in [2.24, 2.45) is 22.7 Å². The number of benzene rings is 1. The number of hydrogen-bond donors (Lipinski definition) is 4.